The molecule has 0 aliphatic rings. The summed E-state index contributed by atoms with van der Waals surface area (Å²) in [6.45, 7) is 6.48. The molecule has 0 aliphatic heterocycles. The van der Waals surface area contributed by atoms with E-state index in [4.69, 9.17) is 14.5 Å². The molecule has 1 N–H and O–H groups in total. The maximum absolute atomic E-state index is 13.4. The molecule has 202 valence electrons. The van der Waals surface area contributed by atoms with E-state index < -0.39 is 5.97 Å². The standard InChI is InChI=1S/C29H27Br2N3O5/c1-4-17(3)27-33-24-10-9-21(30)14-22(24)28(35)34(27)32-15-19-12-23(31)26(25(13-19)38-5-2)39-16-18-7-6-8-20(11-18)29(36)37/h6-15,17H,4-5,16H2,1-3H3,(H,36,37)/t17-/m1/s1. The van der Waals surface area contributed by atoms with Crippen LogP contribution >= 0.6 is 31.9 Å². The predicted octanol–water partition coefficient (Wildman–Crippen LogP) is 6.99. The lowest BCUT2D eigenvalue weighted by Gasteiger charge is -2.15. The van der Waals surface area contributed by atoms with Gasteiger partial charge in [0.05, 0.1) is 33.8 Å². The Kier molecular flexibility index (Phi) is 9.19. The summed E-state index contributed by atoms with van der Waals surface area (Å²) in [5, 5.41) is 14.3. The number of ether oxygens (including phenoxy) is 2. The molecule has 4 rings (SSSR count). The lowest BCUT2D eigenvalue weighted by atomic mass is 10.1. The number of hydrogen-bond acceptors (Lipinski definition) is 6. The monoisotopic (exact) mass is 655 g/mol. The van der Waals surface area contributed by atoms with Crippen molar-refractivity contribution in [3.8, 4) is 11.5 Å². The summed E-state index contributed by atoms with van der Waals surface area (Å²) in [5.41, 5.74) is 1.96. The maximum Gasteiger partial charge on any atom is 0.335 e. The van der Waals surface area contributed by atoms with Crippen LogP contribution in [-0.4, -0.2) is 33.6 Å². The van der Waals surface area contributed by atoms with Gasteiger partial charge in [0.2, 0.25) is 0 Å². The molecule has 0 amide bonds. The van der Waals surface area contributed by atoms with E-state index in [1.807, 2.05) is 39.0 Å². The molecule has 0 saturated carbocycles. The highest BCUT2D eigenvalue weighted by atomic mass is 79.9. The van der Waals surface area contributed by atoms with Gasteiger partial charge >= 0.3 is 5.97 Å². The smallest absolute Gasteiger partial charge is 0.335 e. The average molecular weight is 657 g/mol. The van der Waals surface area contributed by atoms with Crippen LogP contribution < -0.4 is 15.0 Å². The molecule has 39 heavy (non-hydrogen) atoms. The second kappa shape index (κ2) is 12.6. The second-order valence-corrected chi connectivity index (χ2v) is 10.6. The summed E-state index contributed by atoms with van der Waals surface area (Å²) in [6, 6.07) is 15.6. The number of aromatic carboxylic acids is 1. The number of halogens is 2. The van der Waals surface area contributed by atoms with Crippen molar-refractivity contribution in [3.05, 3.63) is 96.4 Å². The van der Waals surface area contributed by atoms with Gasteiger partial charge in [-0.25, -0.2) is 9.78 Å². The first-order chi connectivity index (χ1) is 18.7. The van der Waals surface area contributed by atoms with Crippen LogP contribution in [0.3, 0.4) is 0 Å². The van der Waals surface area contributed by atoms with Crippen LogP contribution in [0.5, 0.6) is 11.5 Å². The summed E-state index contributed by atoms with van der Waals surface area (Å²) in [7, 11) is 0. The number of hydrogen-bond donors (Lipinski definition) is 1. The number of rotatable bonds is 10. The molecule has 10 heteroatoms. The van der Waals surface area contributed by atoms with E-state index in [-0.39, 0.29) is 23.6 Å². The minimum Gasteiger partial charge on any atom is -0.490 e. The van der Waals surface area contributed by atoms with Gasteiger partial charge in [0.15, 0.2) is 11.5 Å². The molecule has 1 heterocycles. The van der Waals surface area contributed by atoms with Crippen LogP contribution in [0, 0.1) is 0 Å². The maximum atomic E-state index is 13.4. The number of carboxylic acids is 1. The van der Waals surface area contributed by atoms with Gasteiger partial charge in [-0.15, -0.1) is 0 Å². The zero-order valence-corrected chi connectivity index (χ0v) is 24.8. The lowest BCUT2D eigenvalue weighted by Crippen LogP contribution is -2.23. The Hall–Kier alpha value is -3.50. The van der Waals surface area contributed by atoms with Crippen molar-refractivity contribution in [1.29, 1.82) is 0 Å². The van der Waals surface area contributed by atoms with Crippen molar-refractivity contribution in [2.45, 2.75) is 39.7 Å². The Labute approximate surface area is 242 Å². The van der Waals surface area contributed by atoms with Crippen molar-refractivity contribution in [3.63, 3.8) is 0 Å². The van der Waals surface area contributed by atoms with E-state index in [0.29, 0.717) is 50.4 Å². The molecular weight excluding hydrogens is 630 g/mol. The fourth-order valence-corrected chi connectivity index (χ4v) is 4.85. The largest absolute Gasteiger partial charge is 0.490 e. The zero-order chi connectivity index (χ0) is 28.1. The third-order valence-electron chi connectivity index (χ3n) is 6.10. The van der Waals surface area contributed by atoms with Gasteiger partial charge in [-0.3, -0.25) is 4.79 Å². The van der Waals surface area contributed by atoms with Crippen molar-refractivity contribution in [1.82, 2.24) is 9.66 Å². The molecule has 0 bridgehead atoms. The predicted molar refractivity (Wildman–Crippen MR) is 158 cm³/mol. The Morgan fingerprint density at radius 3 is 2.64 bits per heavy atom. The van der Waals surface area contributed by atoms with Crippen molar-refractivity contribution in [2.24, 2.45) is 5.10 Å². The number of nitrogens with zero attached hydrogens (tertiary/aromatic N) is 3. The first kappa shape index (κ1) is 28.5. The highest BCUT2D eigenvalue weighted by molar-refractivity contribution is 9.10. The number of fused-ring (bicyclic) bond motifs is 1. The molecule has 1 aromatic heterocycles. The fraction of sp³-hybridized carbons (Fsp3) is 0.241. The number of benzene rings is 3. The normalized spacial score (nSPS) is 12.1. The topological polar surface area (TPSA) is 103 Å². The number of carbonyl (C=O) groups is 1. The minimum atomic E-state index is -0.999. The van der Waals surface area contributed by atoms with Crippen LogP contribution in [0.4, 0.5) is 0 Å². The van der Waals surface area contributed by atoms with Crippen LogP contribution in [0.25, 0.3) is 10.9 Å². The SMILES string of the molecule is CCOc1cc(C=Nn2c([C@H](C)CC)nc3ccc(Br)cc3c2=O)cc(Br)c1OCc1cccc(C(=O)O)c1. The zero-order valence-electron chi connectivity index (χ0n) is 21.6. The summed E-state index contributed by atoms with van der Waals surface area (Å²) in [5.74, 6) is 0.564. The molecule has 1 atom stereocenters. The fourth-order valence-electron chi connectivity index (χ4n) is 3.92. The van der Waals surface area contributed by atoms with E-state index in [2.05, 4.69) is 37.0 Å². The van der Waals surface area contributed by atoms with Crippen LogP contribution in [0.1, 0.15) is 60.4 Å². The third kappa shape index (κ3) is 6.57. The summed E-state index contributed by atoms with van der Waals surface area (Å²) in [4.78, 5) is 29.5. The highest BCUT2D eigenvalue weighted by Gasteiger charge is 2.17. The van der Waals surface area contributed by atoms with Gasteiger partial charge in [-0.2, -0.15) is 9.78 Å². The van der Waals surface area contributed by atoms with Crippen LogP contribution in [0.2, 0.25) is 0 Å². The third-order valence-corrected chi connectivity index (χ3v) is 7.18. The Balaban J connectivity index is 1.69. The van der Waals surface area contributed by atoms with Gasteiger partial charge in [0, 0.05) is 10.4 Å². The number of carboxylic acid groups (broad SMARTS) is 1. The minimum absolute atomic E-state index is 0.0176. The van der Waals surface area contributed by atoms with Crippen LogP contribution in [0.15, 0.2) is 73.4 Å². The van der Waals surface area contributed by atoms with Crippen molar-refractivity contribution < 1.29 is 19.4 Å². The Morgan fingerprint density at radius 1 is 1.13 bits per heavy atom. The molecule has 0 aliphatic carbocycles. The first-order valence-electron chi connectivity index (χ1n) is 12.4. The van der Waals surface area contributed by atoms with Crippen molar-refractivity contribution >= 4 is 54.9 Å². The van der Waals surface area contributed by atoms with Crippen molar-refractivity contribution in [2.75, 3.05) is 6.61 Å². The summed E-state index contributed by atoms with van der Waals surface area (Å²) < 4.78 is 14.6. The molecule has 0 saturated heterocycles. The van der Waals surface area contributed by atoms with Gasteiger partial charge < -0.3 is 14.6 Å². The molecule has 0 unspecified atom stereocenters. The summed E-state index contributed by atoms with van der Waals surface area (Å²) in [6.07, 6.45) is 2.39. The molecule has 0 fully saturated rings. The van der Waals surface area contributed by atoms with Crippen LogP contribution in [-0.2, 0) is 6.61 Å². The molecule has 3 aromatic carbocycles. The van der Waals surface area contributed by atoms with E-state index in [9.17, 15) is 14.7 Å². The molecule has 8 nitrogen and oxygen atoms in total. The summed E-state index contributed by atoms with van der Waals surface area (Å²) >= 11 is 6.99. The average Bonchev–Trinajstić information content (AvgIpc) is 2.92. The van der Waals surface area contributed by atoms with Gasteiger partial charge in [-0.05, 0) is 82.9 Å². The molecule has 4 aromatic rings. The lowest BCUT2D eigenvalue weighted by molar-refractivity contribution is 0.0696. The Morgan fingerprint density at radius 2 is 1.92 bits per heavy atom. The second-order valence-electron chi connectivity index (χ2n) is 8.86. The molecule has 0 radical (unpaired) electrons. The van der Waals surface area contributed by atoms with E-state index in [1.165, 1.54) is 10.7 Å². The van der Waals surface area contributed by atoms with Gasteiger partial charge in [-0.1, -0.05) is 41.9 Å². The van der Waals surface area contributed by atoms with E-state index >= 15 is 0 Å². The first-order valence-corrected chi connectivity index (χ1v) is 14.0. The highest BCUT2D eigenvalue weighted by Crippen LogP contribution is 2.37. The molecule has 0 spiro atoms. The van der Waals surface area contributed by atoms with E-state index in [0.717, 1.165) is 10.9 Å². The van der Waals surface area contributed by atoms with Gasteiger partial charge in [0.1, 0.15) is 12.4 Å². The Bertz CT molecular complexity index is 1620. The van der Waals surface area contributed by atoms with Gasteiger partial charge in [0.25, 0.3) is 5.56 Å². The quantitative estimate of drug-likeness (QED) is 0.185. The molecular formula is C29H27Br2N3O5. The van der Waals surface area contributed by atoms with E-state index in [1.54, 1.807) is 36.5 Å². The number of aromatic nitrogens is 2.